The number of methoxy groups -OCH3 is 1. The first kappa shape index (κ1) is 12.6. The highest BCUT2D eigenvalue weighted by Crippen LogP contribution is 2.26. The first-order valence-corrected chi connectivity index (χ1v) is 6.18. The van der Waals surface area contributed by atoms with Crippen molar-refractivity contribution in [1.29, 1.82) is 0 Å². The van der Waals surface area contributed by atoms with Crippen LogP contribution in [0.4, 0.5) is 0 Å². The van der Waals surface area contributed by atoms with Crippen molar-refractivity contribution < 1.29 is 9.47 Å². The standard InChI is InChI=1S/C14H21NO2/c1-10-11(2)17-14(8-15-10)13-7-5-4-6-12(13)9-16-3/h4-7,10-11,14-15H,8-9H2,1-3H3. The van der Waals surface area contributed by atoms with Crippen molar-refractivity contribution in [2.45, 2.75) is 38.7 Å². The van der Waals surface area contributed by atoms with E-state index < -0.39 is 0 Å². The molecule has 1 aliphatic rings. The molecule has 0 radical (unpaired) electrons. The normalized spacial score (nSPS) is 29.2. The zero-order chi connectivity index (χ0) is 12.3. The van der Waals surface area contributed by atoms with Gasteiger partial charge in [0.15, 0.2) is 0 Å². The number of rotatable bonds is 3. The molecular weight excluding hydrogens is 214 g/mol. The second kappa shape index (κ2) is 5.63. The van der Waals surface area contributed by atoms with Crippen molar-refractivity contribution in [3.63, 3.8) is 0 Å². The third kappa shape index (κ3) is 2.86. The molecule has 94 valence electrons. The topological polar surface area (TPSA) is 30.5 Å². The quantitative estimate of drug-likeness (QED) is 0.871. The molecule has 0 spiro atoms. The Hall–Kier alpha value is -0.900. The minimum atomic E-state index is 0.132. The summed E-state index contributed by atoms with van der Waals surface area (Å²) in [4.78, 5) is 0. The lowest BCUT2D eigenvalue weighted by atomic mass is 10.00. The number of benzene rings is 1. The van der Waals surface area contributed by atoms with E-state index in [0.29, 0.717) is 12.6 Å². The molecule has 17 heavy (non-hydrogen) atoms. The van der Waals surface area contributed by atoms with Crippen molar-refractivity contribution in [3.8, 4) is 0 Å². The summed E-state index contributed by atoms with van der Waals surface area (Å²) in [7, 11) is 1.72. The highest BCUT2D eigenvalue weighted by Gasteiger charge is 2.26. The van der Waals surface area contributed by atoms with Gasteiger partial charge in [-0.2, -0.15) is 0 Å². The lowest BCUT2D eigenvalue weighted by Crippen LogP contribution is -2.46. The summed E-state index contributed by atoms with van der Waals surface area (Å²) in [6.07, 6.45) is 0.372. The Kier molecular flexibility index (Phi) is 4.15. The van der Waals surface area contributed by atoms with E-state index in [0.717, 1.165) is 6.54 Å². The fourth-order valence-corrected chi connectivity index (χ4v) is 2.20. The fraction of sp³-hybridized carbons (Fsp3) is 0.571. The van der Waals surface area contributed by atoms with Crippen LogP contribution in [0.5, 0.6) is 0 Å². The lowest BCUT2D eigenvalue weighted by Gasteiger charge is -2.34. The fourth-order valence-electron chi connectivity index (χ4n) is 2.20. The Balaban J connectivity index is 2.16. The molecule has 1 N–H and O–H groups in total. The van der Waals surface area contributed by atoms with Crippen molar-refractivity contribution in [2.24, 2.45) is 0 Å². The third-order valence-corrected chi connectivity index (χ3v) is 3.41. The molecule has 1 aromatic rings. The predicted octanol–water partition coefficient (Wildman–Crippen LogP) is 2.27. The maximum absolute atomic E-state index is 6.05. The molecule has 1 aliphatic heterocycles. The molecule has 0 aromatic heterocycles. The average Bonchev–Trinajstić information content (AvgIpc) is 2.34. The number of nitrogens with one attached hydrogen (secondary N) is 1. The van der Waals surface area contributed by atoms with E-state index in [1.54, 1.807) is 7.11 Å². The summed E-state index contributed by atoms with van der Waals surface area (Å²) in [6, 6.07) is 8.75. The molecule has 3 heteroatoms. The van der Waals surface area contributed by atoms with Crippen molar-refractivity contribution in [1.82, 2.24) is 5.32 Å². The van der Waals surface area contributed by atoms with Crippen LogP contribution in [0.25, 0.3) is 0 Å². The van der Waals surface area contributed by atoms with Gasteiger partial charge in [-0.25, -0.2) is 0 Å². The lowest BCUT2D eigenvalue weighted by molar-refractivity contribution is -0.0517. The zero-order valence-electron chi connectivity index (χ0n) is 10.8. The van der Waals surface area contributed by atoms with Gasteiger partial charge in [-0.05, 0) is 25.0 Å². The van der Waals surface area contributed by atoms with E-state index in [-0.39, 0.29) is 12.2 Å². The van der Waals surface area contributed by atoms with Crippen LogP contribution in [0.2, 0.25) is 0 Å². The summed E-state index contributed by atoms with van der Waals surface area (Å²) in [5.41, 5.74) is 2.45. The summed E-state index contributed by atoms with van der Waals surface area (Å²) >= 11 is 0. The largest absolute Gasteiger partial charge is 0.380 e. The molecule has 0 aliphatic carbocycles. The summed E-state index contributed by atoms with van der Waals surface area (Å²) in [6.45, 7) is 5.77. The van der Waals surface area contributed by atoms with Gasteiger partial charge < -0.3 is 14.8 Å². The molecule has 0 bridgehead atoms. The molecule has 1 saturated heterocycles. The first-order chi connectivity index (χ1) is 8.22. The third-order valence-electron chi connectivity index (χ3n) is 3.41. The highest BCUT2D eigenvalue weighted by atomic mass is 16.5. The SMILES string of the molecule is COCc1ccccc1C1CNC(C)C(C)O1. The molecule has 1 heterocycles. The van der Waals surface area contributed by atoms with E-state index in [9.17, 15) is 0 Å². The van der Waals surface area contributed by atoms with Gasteiger partial charge in [0.1, 0.15) is 0 Å². The van der Waals surface area contributed by atoms with Crippen LogP contribution in [-0.2, 0) is 16.1 Å². The number of ether oxygens (including phenoxy) is 2. The van der Waals surface area contributed by atoms with Crippen LogP contribution in [0.1, 0.15) is 31.1 Å². The van der Waals surface area contributed by atoms with E-state index in [2.05, 4.69) is 37.4 Å². The Labute approximate surface area is 103 Å². The van der Waals surface area contributed by atoms with E-state index in [1.807, 2.05) is 6.07 Å². The summed E-state index contributed by atoms with van der Waals surface area (Å²) < 4.78 is 11.3. The van der Waals surface area contributed by atoms with Crippen LogP contribution < -0.4 is 5.32 Å². The van der Waals surface area contributed by atoms with Crippen molar-refractivity contribution in [2.75, 3.05) is 13.7 Å². The van der Waals surface area contributed by atoms with Gasteiger partial charge in [0.25, 0.3) is 0 Å². The van der Waals surface area contributed by atoms with Gasteiger partial charge in [-0.15, -0.1) is 0 Å². The minimum absolute atomic E-state index is 0.132. The van der Waals surface area contributed by atoms with Crippen molar-refractivity contribution in [3.05, 3.63) is 35.4 Å². The summed E-state index contributed by atoms with van der Waals surface area (Å²) in [5.74, 6) is 0. The zero-order valence-corrected chi connectivity index (χ0v) is 10.8. The molecule has 3 unspecified atom stereocenters. The molecule has 3 nitrogen and oxygen atoms in total. The predicted molar refractivity (Wildman–Crippen MR) is 67.9 cm³/mol. The van der Waals surface area contributed by atoms with Gasteiger partial charge in [0, 0.05) is 19.7 Å². The smallest absolute Gasteiger partial charge is 0.0957 e. The van der Waals surface area contributed by atoms with Gasteiger partial charge >= 0.3 is 0 Å². The van der Waals surface area contributed by atoms with Gasteiger partial charge in [-0.3, -0.25) is 0 Å². The van der Waals surface area contributed by atoms with Crippen molar-refractivity contribution >= 4 is 0 Å². The van der Waals surface area contributed by atoms with E-state index in [4.69, 9.17) is 9.47 Å². The monoisotopic (exact) mass is 235 g/mol. The number of morpholine rings is 1. The molecule has 0 amide bonds. The maximum Gasteiger partial charge on any atom is 0.0957 e. The van der Waals surface area contributed by atoms with Gasteiger partial charge in [0.05, 0.1) is 18.8 Å². The van der Waals surface area contributed by atoms with Gasteiger partial charge in [0.2, 0.25) is 0 Å². The molecule has 1 aromatic carbocycles. The maximum atomic E-state index is 6.05. The minimum Gasteiger partial charge on any atom is -0.380 e. The number of hydrogen-bond donors (Lipinski definition) is 1. The molecule has 2 rings (SSSR count). The Bertz CT molecular complexity index is 367. The molecule has 0 saturated carbocycles. The van der Waals surface area contributed by atoms with Gasteiger partial charge in [-0.1, -0.05) is 24.3 Å². The average molecular weight is 235 g/mol. The van der Waals surface area contributed by atoms with Crippen LogP contribution >= 0.6 is 0 Å². The second-order valence-corrected chi connectivity index (χ2v) is 4.66. The molecular formula is C14H21NO2. The Morgan fingerprint density at radius 1 is 1.35 bits per heavy atom. The van der Waals surface area contributed by atoms with Crippen LogP contribution in [0.15, 0.2) is 24.3 Å². The Morgan fingerprint density at radius 3 is 2.82 bits per heavy atom. The van der Waals surface area contributed by atoms with Crippen LogP contribution in [0, 0.1) is 0 Å². The molecule has 3 atom stereocenters. The molecule has 1 fully saturated rings. The second-order valence-electron chi connectivity index (χ2n) is 4.66. The number of hydrogen-bond acceptors (Lipinski definition) is 3. The van der Waals surface area contributed by atoms with E-state index in [1.165, 1.54) is 11.1 Å². The van der Waals surface area contributed by atoms with Crippen LogP contribution in [-0.4, -0.2) is 25.8 Å². The highest BCUT2D eigenvalue weighted by molar-refractivity contribution is 5.29. The summed E-state index contributed by atoms with van der Waals surface area (Å²) in [5, 5.41) is 3.48. The Morgan fingerprint density at radius 2 is 2.12 bits per heavy atom. The van der Waals surface area contributed by atoms with E-state index >= 15 is 0 Å². The first-order valence-electron chi connectivity index (χ1n) is 6.18. The van der Waals surface area contributed by atoms with Crippen LogP contribution in [0.3, 0.4) is 0 Å².